The van der Waals surface area contributed by atoms with Gasteiger partial charge in [0.1, 0.15) is 0 Å². The summed E-state index contributed by atoms with van der Waals surface area (Å²) < 4.78 is 25.9. The summed E-state index contributed by atoms with van der Waals surface area (Å²) in [6.07, 6.45) is 3.26. The van der Waals surface area contributed by atoms with E-state index in [1.54, 1.807) is 0 Å². The maximum atomic E-state index is 12.9. The van der Waals surface area contributed by atoms with Crippen LogP contribution in [0.1, 0.15) is 31.2 Å². The fourth-order valence-electron chi connectivity index (χ4n) is 2.08. The first-order valence-electron chi connectivity index (χ1n) is 5.53. The summed E-state index contributed by atoms with van der Waals surface area (Å²) >= 11 is 5.78. The van der Waals surface area contributed by atoms with Gasteiger partial charge in [-0.1, -0.05) is 23.7 Å². The van der Waals surface area contributed by atoms with Crippen LogP contribution in [0.25, 0.3) is 0 Å². The summed E-state index contributed by atoms with van der Waals surface area (Å²) in [6.45, 7) is 0. The molecule has 1 aromatic rings. The second-order valence-corrected chi connectivity index (χ2v) is 4.85. The number of benzene rings is 1. The zero-order valence-corrected chi connectivity index (χ0v) is 9.68. The third kappa shape index (κ3) is 3.18. The Bertz CT molecular complexity index is 335. The molecule has 0 unspecified atom stereocenters. The predicted molar refractivity (Wildman–Crippen MR) is 61.8 cm³/mol. The van der Waals surface area contributed by atoms with E-state index >= 15 is 0 Å². The lowest BCUT2D eigenvalue weighted by atomic mass is 9.83. The first kappa shape index (κ1) is 11.8. The summed E-state index contributed by atoms with van der Waals surface area (Å²) in [5.41, 5.74) is 1.07. The quantitative estimate of drug-likeness (QED) is 0.705. The molecule has 1 aliphatic rings. The Morgan fingerprint density at radius 2 is 1.69 bits per heavy atom. The highest BCUT2D eigenvalue weighted by Gasteiger charge is 2.34. The molecule has 0 bridgehead atoms. The summed E-state index contributed by atoms with van der Waals surface area (Å²) in [4.78, 5) is 0. The fourth-order valence-corrected chi connectivity index (χ4v) is 2.20. The van der Waals surface area contributed by atoms with E-state index in [1.165, 1.54) is 0 Å². The smallest absolute Gasteiger partial charge is 0.207 e. The summed E-state index contributed by atoms with van der Waals surface area (Å²) in [7, 11) is 0. The second kappa shape index (κ2) is 4.70. The topological polar surface area (TPSA) is 0 Å². The van der Waals surface area contributed by atoms with Gasteiger partial charge in [-0.05, 0) is 42.9 Å². The van der Waals surface area contributed by atoms with E-state index in [-0.39, 0.29) is 18.8 Å². The zero-order valence-electron chi connectivity index (χ0n) is 8.93. The minimum absolute atomic E-state index is 0.0156. The Hall–Kier alpha value is -0.630. The van der Waals surface area contributed by atoms with Crippen LogP contribution in [0.3, 0.4) is 0 Å². The molecule has 0 amide bonds. The van der Waals surface area contributed by atoms with Crippen molar-refractivity contribution in [2.45, 2.75) is 31.6 Å². The maximum absolute atomic E-state index is 12.9. The van der Waals surface area contributed by atoms with Gasteiger partial charge in [-0.25, -0.2) is 8.78 Å². The molecule has 1 fully saturated rings. The monoisotopic (exact) mass is 243 g/mol. The Morgan fingerprint density at radius 1 is 1.12 bits per heavy atom. The molecule has 1 saturated carbocycles. The summed E-state index contributed by atoms with van der Waals surface area (Å²) in [5.74, 6) is -2.16. The van der Waals surface area contributed by atoms with E-state index in [2.05, 4.69) is 6.42 Å². The van der Waals surface area contributed by atoms with Gasteiger partial charge >= 0.3 is 0 Å². The number of hydrogen-bond acceptors (Lipinski definition) is 0. The first-order valence-corrected chi connectivity index (χ1v) is 5.91. The highest BCUT2D eigenvalue weighted by molar-refractivity contribution is 6.30. The molecule has 16 heavy (non-hydrogen) atoms. The molecule has 0 heterocycles. The lowest BCUT2D eigenvalue weighted by Crippen LogP contribution is -2.24. The van der Waals surface area contributed by atoms with Crippen LogP contribution in [0.5, 0.6) is 0 Å². The highest BCUT2D eigenvalue weighted by Crippen LogP contribution is 2.38. The molecule has 87 valence electrons. The number of hydrogen-bond donors (Lipinski definition) is 0. The molecule has 0 N–H and O–H groups in total. The van der Waals surface area contributed by atoms with Crippen molar-refractivity contribution in [3.05, 3.63) is 41.3 Å². The zero-order chi connectivity index (χ0) is 11.6. The highest BCUT2D eigenvalue weighted by atomic mass is 35.5. The molecule has 1 radical (unpaired) electrons. The van der Waals surface area contributed by atoms with Crippen LogP contribution in [-0.2, 0) is 0 Å². The van der Waals surface area contributed by atoms with Gasteiger partial charge in [0.2, 0.25) is 5.92 Å². The minimum Gasteiger partial charge on any atom is -0.207 e. The number of alkyl halides is 2. The fraction of sp³-hybridized carbons (Fsp3) is 0.462. The molecular weight excluding hydrogens is 230 g/mol. The van der Waals surface area contributed by atoms with Gasteiger partial charge in [0.25, 0.3) is 0 Å². The number of halogens is 3. The molecule has 0 atom stereocenters. The standard InChI is InChI=1S/C13H14ClF2/c14-12-3-1-10(2-4-12)9-11-5-7-13(15,16)8-6-11/h1-4,9,11H,5-8H2. The Kier molecular flexibility index (Phi) is 3.48. The van der Waals surface area contributed by atoms with Gasteiger partial charge in [0.05, 0.1) is 0 Å². The van der Waals surface area contributed by atoms with Crippen molar-refractivity contribution in [2.75, 3.05) is 0 Å². The number of rotatable bonds is 2. The summed E-state index contributed by atoms with van der Waals surface area (Å²) in [5, 5.41) is 0.701. The van der Waals surface area contributed by atoms with Gasteiger partial charge in [-0.2, -0.15) is 0 Å². The third-order valence-corrected chi connectivity index (χ3v) is 3.31. The Balaban J connectivity index is 1.89. The van der Waals surface area contributed by atoms with Crippen molar-refractivity contribution in [3.8, 4) is 0 Å². The van der Waals surface area contributed by atoms with Crippen LogP contribution < -0.4 is 0 Å². The molecular formula is C13H14ClF2. The van der Waals surface area contributed by atoms with Gasteiger partial charge in [-0.15, -0.1) is 0 Å². The largest absolute Gasteiger partial charge is 0.248 e. The van der Waals surface area contributed by atoms with E-state index in [0.29, 0.717) is 17.9 Å². The van der Waals surface area contributed by atoms with Crippen LogP contribution in [0.15, 0.2) is 24.3 Å². The Labute approximate surface area is 99.6 Å². The lowest BCUT2D eigenvalue weighted by molar-refractivity contribution is -0.0422. The van der Waals surface area contributed by atoms with Crippen LogP contribution in [-0.4, -0.2) is 5.92 Å². The van der Waals surface area contributed by atoms with Crippen LogP contribution >= 0.6 is 11.6 Å². The summed E-state index contributed by atoms with van der Waals surface area (Å²) in [6, 6.07) is 7.50. The van der Waals surface area contributed by atoms with Crippen molar-refractivity contribution in [1.29, 1.82) is 0 Å². The van der Waals surface area contributed by atoms with Gasteiger partial charge < -0.3 is 0 Å². The average Bonchev–Trinajstić information content (AvgIpc) is 2.24. The normalized spacial score (nSPS) is 20.9. The van der Waals surface area contributed by atoms with Crippen LogP contribution in [0, 0.1) is 12.3 Å². The van der Waals surface area contributed by atoms with Crippen molar-refractivity contribution < 1.29 is 8.78 Å². The van der Waals surface area contributed by atoms with E-state index in [1.807, 2.05) is 24.3 Å². The molecule has 0 saturated heterocycles. The van der Waals surface area contributed by atoms with Crippen molar-refractivity contribution in [2.24, 2.45) is 5.92 Å². The minimum atomic E-state index is -2.44. The van der Waals surface area contributed by atoms with E-state index in [9.17, 15) is 8.78 Å². The maximum Gasteiger partial charge on any atom is 0.248 e. The molecule has 1 aliphatic carbocycles. The molecule has 1 aromatic carbocycles. The molecule has 2 rings (SSSR count). The van der Waals surface area contributed by atoms with E-state index in [4.69, 9.17) is 11.6 Å². The lowest BCUT2D eigenvalue weighted by Gasteiger charge is -2.28. The van der Waals surface area contributed by atoms with Crippen molar-refractivity contribution in [3.63, 3.8) is 0 Å². The second-order valence-electron chi connectivity index (χ2n) is 4.41. The van der Waals surface area contributed by atoms with E-state index in [0.717, 1.165) is 5.56 Å². The van der Waals surface area contributed by atoms with Crippen molar-refractivity contribution in [1.82, 2.24) is 0 Å². The van der Waals surface area contributed by atoms with Gasteiger partial charge in [0, 0.05) is 17.9 Å². The molecule has 3 heteroatoms. The van der Waals surface area contributed by atoms with Crippen LogP contribution in [0.4, 0.5) is 8.78 Å². The molecule has 0 nitrogen and oxygen atoms in total. The molecule has 0 aliphatic heterocycles. The van der Waals surface area contributed by atoms with Gasteiger partial charge in [-0.3, -0.25) is 0 Å². The molecule has 0 aromatic heterocycles. The molecule has 0 spiro atoms. The predicted octanol–water partition coefficient (Wildman–Crippen LogP) is 4.72. The Morgan fingerprint density at radius 3 is 2.25 bits per heavy atom. The average molecular weight is 244 g/mol. The SMILES string of the molecule is FC1(F)CCC([CH]c2ccc(Cl)cc2)CC1. The van der Waals surface area contributed by atoms with E-state index < -0.39 is 5.92 Å². The third-order valence-electron chi connectivity index (χ3n) is 3.06. The first-order chi connectivity index (χ1) is 7.55. The van der Waals surface area contributed by atoms with Gasteiger partial charge in [0.15, 0.2) is 0 Å². The van der Waals surface area contributed by atoms with Crippen molar-refractivity contribution >= 4 is 11.6 Å². The van der Waals surface area contributed by atoms with Crippen LogP contribution in [0.2, 0.25) is 5.02 Å².